The SMILES string of the molecule is CCNc1snnc1Cn1ccnc1-c1ccccc1. The van der Waals surface area contributed by atoms with E-state index < -0.39 is 0 Å². The van der Waals surface area contributed by atoms with Gasteiger partial charge in [-0.3, -0.25) is 0 Å². The summed E-state index contributed by atoms with van der Waals surface area (Å²) in [5, 5.41) is 8.52. The van der Waals surface area contributed by atoms with Crippen LogP contribution in [0, 0.1) is 0 Å². The van der Waals surface area contributed by atoms with Gasteiger partial charge in [0.05, 0.1) is 6.54 Å². The number of imidazole rings is 1. The monoisotopic (exact) mass is 285 g/mol. The largest absolute Gasteiger partial charge is 0.374 e. The Balaban J connectivity index is 1.89. The first-order valence-corrected chi connectivity index (χ1v) is 7.27. The van der Waals surface area contributed by atoms with E-state index in [1.54, 1.807) is 0 Å². The number of hydrogen-bond acceptors (Lipinski definition) is 5. The third kappa shape index (κ3) is 2.55. The molecule has 6 heteroatoms. The molecule has 2 heterocycles. The average molecular weight is 285 g/mol. The molecule has 0 spiro atoms. The molecule has 0 unspecified atom stereocenters. The molecular formula is C14H15N5S. The van der Waals surface area contributed by atoms with Gasteiger partial charge in [0, 0.05) is 36.0 Å². The van der Waals surface area contributed by atoms with E-state index in [1.807, 2.05) is 30.6 Å². The zero-order valence-electron chi connectivity index (χ0n) is 11.2. The Morgan fingerprint density at radius 3 is 2.90 bits per heavy atom. The molecule has 0 radical (unpaired) electrons. The van der Waals surface area contributed by atoms with E-state index in [0.717, 1.165) is 28.6 Å². The zero-order chi connectivity index (χ0) is 13.8. The van der Waals surface area contributed by atoms with Crippen LogP contribution in [-0.2, 0) is 6.54 Å². The number of nitrogens with one attached hydrogen (secondary N) is 1. The summed E-state index contributed by atoms with van der Waals surface area (Å²) in [7, 11) is 0. The van der Waals surface area contributed by atoms with Crippen molar-refractivity contribution in [2.45, 2.75) is 13.5 Å². The smallest absolute Gasteiger partial charge is 0.140 e. The Kier molecular flexibility index (Phi) is 3.73. The number of benzene rings is 1. The zero-order valence-corrected chi connectivity index (χ0v) is 12.0. The second-order valence-corrected chi connectivity index (χ2v) is 5.08. The Bertz CT molecular complexity index is 674. The molecule has 0 saturated carbocycles. The van der Waals surface area contributed by atoms with Gasteiger partial charge in [0.1, 0.15) is 16.5 Å². The lowest BCUT2D eigenvalue weighted by molar-refractivity contribution is 0.776. The Morgan fingerprint density at radius 2 is 2.10 bits per heavy atom. The molecule has 0 fully saturated rings. The fourth-order valence-electron chi connectivity index (χ4n) is 2.05. The van der Waals surface area contributed by atoms with Crippen LogP contribution in [0.3, 0.4) is 0 Å². The average Bonchev–Trinajstić information content (AvgIpc) is 3.11. The van der Waals surface area contributed by atoms with Crippen LogP contribution in [0.4, 0.5) is 5.00 Å². The van der Waals surface area contributed by atoms with Gasteiger partial charge >= 0.3 is 0 Å². The van der Waals surface area contributed by atoms with Crippen molar-refractivity contribution in [3.63, 3.8) is 0 Å². The minimum absolute atomic E-state index is 0.670. The molecule has 3 aromatic rings. The number of hydrogen-bond donors (Lipinski definition) is 1. The second kappa shape index (κ2) is 5.83. The van der Waals surface area contributed by atoms with E-state index >= 15 is 0 Å². The normalized spacial score (nSPS) is 10.7. The van der Waals surface area contributed by atoms with Crippen LogP contribution in [0.15, 0.2) is 42.7 Å². The van der Waals surface area contributed by atoms with Crippen LogP contribution < -0.4 is 5.32 Å². The van der Waals surface area contributed by atoms with Crippen molar-refractivity contribution in [3.8, 4) is 11.4 Å². The van der Waals surface area contributed by atoms with Crippen LogP contribution >= 0.6 is 11.5 Å². The Hall–Kier alpha value is -2.21. The van der Waals surface area contributed by atoms with Gasteiger partial charge in [0.15, 0.2) is 0 Å². The van der Waals surface area contributed by atoms with Crippen LogP contribution in [-0.4, -0.2) is 25.7 Å². The molecule has 0 aliphatic rings. The first-order chi connectivity index (χ1) is 9.88. The van der Waals surface area contributed by atoms with Crippen molar-refractivity contribution in [1.29, 1.82) is 0 Å². The van der Waals surface area contributed by atoms with Crippen LogP contribution in [0.2, 0.25) is 0 Å². The van der Waals surface area contributed by atoms with Crippen LogP contribution in [0.5, 0.6) is 0 Å². The van der Waals surface area contributed by atoms with Crippen molar-refractivity contribution in [3.05, 3.63) is 48.4 Å². The van der Waals surface area contributed by atoms with E-state index in [4.69, 9.17) is 0 Å². The van der Waals surface area contributed by atoms with Crippen molar-refractivity contribution in [2.24, 2.45) is 0 Å². The quantitative estimate of drug-likeness (QED) is 0.783. The molecule has 20 heavy (non-hydrogen) atoms. The number of aromatic nitrogens is 4. The van der Waals surface area contributed by atoms with E-state index in [2.05, 4.69) is 43.5 Å². The van der Waals surface area contributed by atoms with E-state index in [-0.39, 0.29) is 0 Å². The minimum atomic E-state index is 0.670. The molecule has 1 N–H and O–H groups in total. The van der Waals surface area contributed by atoms with Crippen LogP contribution in [0.25, 0.3) is 11.4 Å². The maximum absolute atomic E-state index is 4.44. The van der Waals surface area contributed by atoms with Crippen molar-refractivity contribution in [2.75, 3.05) is 11.9 Å². The lowest BCUT2D eigenvalue weighted by Gasteiger charge is -2.07. The van der Waals surface area contributed by atoms with Crippen molar-refractivity contribution >= 4 is 16.5 Å². The molecule has 0 amide bonds. The van der Waals surface area contributed by atoms with Gasteiger partial charge in [-0.05, 0) is 6.92 Å². The third-order valence-electron chi connectivity index (χ3n) is 2.96. The molecule has 0 aliphatic heterocycles. The maximum atomic E-state index is 4.44. The highest BCUT2D eigenvalue weighted by molar-refractivity contribution is 7.10. The summed E-state index contributed by atoms with van der Waals surface area (Å²) in [6, 6.07) is 10.2. The molecule has 0 bridgehead atoms. The van der Waals surface area contributed by atoms with E-state index in [9.17, 15) is 0 Å². The maximum Gasteiger partial charge on any atom is 0.140 e. The van der Waals surface area contributed by atoms with E-state index in [1.165, 1.54) is 11.5 Å². The standard InChI is InChI=1S/C14H15N5S/c1-2-15-14-12(17-18-20-14)10-19-9-8-16-13(19)11-6-4-3-5-7-11/h3-9,15H,2,10H2,1H3. The molecule has 0 atom stereocenters. The van der Waals surface area contributed by atoms with Gasteiger partial charge in [-0.25, -0.2) is 4.98 Å². The predicted molar refractivity (Wildman–Crippen MR) is 80.8 cm³/mol. The molecular weight excluding hydrogens is 270 g/mol. The molecule has 1 aromatic carbocycles. The van der Waals surface area contributed by atoms with Gasteiger partial charge < -0.3 is 9.88 Å². The highest BCUT2D eigenvalue weighted by Crippen LogP contribution is 2.22. The van der Waals surface area contributed by atoms with Gasteiger partial charge in [0.2, 0.25) is 0 Å². The first-order valence-electron chi connectivity index (χ1n) is 6.50. The van der Waals surface area contributed by atoms with Gasteiger partial charge in [-0.15, -0.1) is 5.10 Å². The van der Waals surface area contributed by atoms with Gasteiger partial charge in [0.25, 0.3) is 0 Å². The second-order valence-electron chi connectivity index (χ2n) is 4.32. The summed E-state index contributed by atoms with van der Waals surface area (Å²) in [5.41, 5.74) is 2.05. The van der Waals surface area contributed by atoms with Crippen molar-refractivity contribution in [1.82, 2.24) is 19.1 Å². The summed E-state index contributed by atoms with van der Waals surface area (Å²) < 4.78 is 6.11. The fourth-order valence-corrected chi connectivity index (χ4v) is 2.69. The predicted octanol–water partition coefficient (Wildman–Crippen LogP) is 2.88. The summed E-state index contributed by atoms with van der Waals surface area (Å²) in [4.78, 5) is 4.44. The number of nitrogens with zero attached hydrogens (tertiary/aromatic N) is 4. The lowest BCUT2D eigenvalue weighted by atomic mass is 10.2. The van der Waals surface area contributed by atoms with Crippen LogP contribution in [0.1, 0.15) is 12.6 Å². The summed E-state index contributed by atoms with van der Waals surface area (Å²) in [6.07, 6.45) is 3.78. The van der Waals surface area contributed by atoms with E-state index in [0.29, 0.717) is 6.54 Å². The molecule has 102 valence electrons. The summed E-state index contributed by atoms with van der Waals surface area (Å²) in [6.45, 7) is 3.60. The lowest BCUT2D eigenvalue weighted by Crippen LogP contribution is -2.05. The summed E-state index contributed by atoms with van der Waals surface area (Å²) in [5.74, 6) is 0.945. The molecule has 0 saturated heterocycles. The third-order valence-corrected chi connectivity index (χ3v) is 3.69. The highest BCUT2D eigenvalue weighted by atomic mass is 32.1. The topological polar surface area (TPSA) is 55.6 Å². The highest BCUT2D eigenvalue weighted by Gasteiger charge is 2.11. The van der Waals surface area contributed by atoms with Crippen molar-refractivity contribution < 1.29 is 0 Å². The number of anilines is 1. The van der Waals surface area contributed by atoms with Gasteiger partial charge in [-0.1, -0.05) is 34.8 Å². The first kappa shape index (κ1) is 12.8. The summed E-state index contributed by atoms with van der Waals surface area (Å²) >= 11 is 1.39. The molecule has 2 aromatic heterocycles. The Morgan fingerprint density at radius 1 is 1.25 bits per heavy atom. The minimum Gasteiger partial charge on any atom is -0.374 e. The molecule has 3 rings (SSSR count). The molecule has 5 nitrogen and oxygen atoms in total. The Labute approximate surface area is 121 Å². The van der Waals surface area contributed by atoms with Gasteiger partial charge in [-0.2, -0.15) is 0 Å². The fraction of sp³-hybridized carbons (Fsp3) is 0.214. The molecule has 0 aliphatic carbocycles. The number of rotatable bonds is 5.